The minimum atomic E-state index is -0.263. The molecule has 1 heterocycles. The molecule has 1 saturated heterocycles. The quantitative estimate of drug-likeness (QED) is 0.815. The maximum Gasteiger partial charge on any atom is 0.225 e. The molecule has 0 spiro atoms. The number of hydrogen-bond donors (Lipinski definition) is 1. The highest BCUT2D eigenvalue weighted by molar-refractivity contribution is 6.30. The Morgan fingerprint density at radius 1 is 1.50 bits per heavy atom. The van der Waals surface area contributed by atoms with Crippen molar-refractivity contribution < 1.29 is 14.3 Å². The van der Waals surface area contributed by atoms with Crippen LogP contribution < -0.4 is 10.1 Å². The van der Waals surface area contributed by atoms with Gasteiger partial charge in [0.05, 0.1) is 12.5 Å². The molecule has 2 amide bonds. The number of rotatable bonds is 6. The van der Waals surface area contributed by atoms with Crippen molar-refractivity contribution in [2.75, 3.05) is 19.7 Å². The number of benzene rings is 1. The van der Waals surface area contributed by atoms with Gasteiger partial charge in [0, 0.05) is 24.0 Å². The van der Waals surface area contributed by atoms with Gasteiger partial charge in [-0.1, -0.05) is 17.7 Å². The maximum absolute atomic E-state index is 12.1. The topological polar surface area (TPSA) is 58.6 Å². The van der Waals surface area contributed by atoms with Crippen LogP contribution in [0, 0.1) is 5.92 Å². The zero-order valence-electron chi connectivity index (χ0n) is 12.8. The fraction of sp³-hybridized carbons (Fsp3) is 0.500. The average Bonchev–Trinajstić information content (AvgIpc) is 2.86. The molecule has 2 rings (SSSR count). The summed E-state index contributed by atoms with van der Waals surface area (Å²) in [6, 6.07) is 7.24. The normalized spacial score (nSPS) is 17.9. The lowest BCUT2D eigenvalue weighted by molar-refractivity contribution is -0.129. The highest BCUT2D eigenvalue weighted by Crippen LogP contribution is 2.20. The predicted molar refractivity (Wildman–Crippen MR) is 84.9 cm³/mol. The molecule has 0 saturated carbocycles. The molecule has 6 heteroatoms. The van der Waals surface area contributed by atoms with Crippen LogP contribution in [0.2, 0.25) is 5.02 Å². The molecule has 22 heavy (non-hydrogen) atoms. The van der Waals surface area contributed by atoms with Crippen LogP contribution in [-0.4, -0.2) is 42.5 Å². The molecular weight excluding hydrogens is 304 g/mol. The van der Waals surface area contributed by atoms with Crippen LogP contribution in [0.25, 0.3) is 0 Å². The Kier molecular flexibility index (Phi) is 5.66. The second kappa shape index (κ2) is 7.49. The molecule has 0 radical (unpaired) electrons. The van der Waals surface area contributed by atoms with E-state index in [1.165, 1.54) is 0 Å². The lowest BCUT2D eigenvalue weighted by Crippen LogP contribution is -2.36. The van der Waals surface area contributed by atoms with E-state index in [1.54, 1.807) is 23.1 Å². The monoisotopic (exact) mass is 324 g/mol. The first-order valence-electron chi connectivity index (χ1n) is 7.43. The molecule has 1 fully saturated rings. The number of nitrogens with one attached hydrogen (secondary N) is 1. The molecule has 1 atom stereocenters. The van der Waals surface area contributed by atoms with E-state index in [9.17, 15) is 9.59 Å². The zero-order chi connectivity index (χ0) is 16.1. The van der Waals surface area contributed by atoms with Crippen molar-refractivity contribution in [3.8, 4) is 5.75 Å². The third-order valence-electron chi connectivity index (χ3n) is 3.62. The third kappa shape index (κ3) is 4.37. The molecule has 1 aliphatic rings. The van der Waals surface area contributed by atoms with E-state index in [1.807, 2.05) is 19.9 Å². The number of carbonyl (C=O) groups is 2. The van der Waals surface area contributed by atoms with Gasteiger partial charge in [0.1, 0.15) is 12.4 Å². The molecule has 1 aliphatic heterocycles. The molecule has 0 unspecified atom stereocenters. The molecule has 1 aromatic rings. The smallest absolute Gasteiger partial charge is 0.225 e. The summed E-state index contributed by atoms with van der Waals surface area (Å²) in [5, 5.41) is 3.42. The maximum atomic E-state index is 12.1. The number of amides is 2. The molecule has 0 aromatic heterocycles. The van der Waals surface area contributed by atoms with E-state index >= 15 is 0 Å². The highest BCUT2D eigenvalue weighted by atomic mass is 35.5. The number of hydrogen-bond acceptors (Lipinski definition) is 3. The van der Waals surface area contributed by atoms with Crippen LogP contribution in [0.15, 0.2) is 24.3 Å². The summed E-state index contributed by atoms with van der Waals surface area (Å²) in [6.45, 7) is 5.17. The first-order valence-corrected chi connectivity index (χ1v) is 7.80. The van der Waals surface area contributed by atoms with Gasteiger partial charge in [0.2, 0.25) is 11.8 Å². The Hall–Kier alpha value is -1.75. The van der Waals surface area contributed by atoms with E-state index in [4.69, 9.17) is 16.3 Å². The Labute approximate surface area is 135 Å². The average molecular weight is 325 g/mol. The third-order valence-corrected chi connectivity index (χ3v) is 3.85. The first kappa shape index (κ1) is 16.6. The number of ether oxygens (including phenoxy) is 1. The molecule has 0 bridgehead atoms. The molecule has 0 aliphatic carbocycles. The summed E-state index contributed by atoms with van der Waals surface area (Å²) >= 11 is 5.86. The van der Waals surface area contributed by atoms with Crippen LogP contribution in [0.1, 0.15) is 20.3 Å². The van der Waals surface area contributed by atoms with E-state index in [2.05, 4.69) is 5.32 Å². The second-order valence-electron chi connectivity index (χ2n) is 5.64. The molecule has 120 valence electrons. The summed E-state index contributed by atoms with van der Waals surface area (Å²) in [6.07, 6.45) is 0.291. The number of nitrogens with zero attached hydrogens (tertiary/aromatic N) is 1. The van der Waals surface area contributed by atoms with E-state index < -0.39 is 0 Å². The second-order valence-corrected chi connectivity index (χ2v) is 6.07. The van der Waals surface area contributed by atoms with Crippen LogP contribution in [-0.2, 0) is 9.59 Å². The predicted octanol–water partition coefficient (Wildman–Crippen LogP) is 2.09. The van der Waals surface area contributed by atoms with Crippen LogP contribution in [0.4, 0.5) is 0 Å². The van der Waals surface area contributed by atoms with Gasteiger partial charge in [0.15, 0.2) is 0 Å². The van der Waals surface area contributed by atoms with Gasteiger partial charge >= 0.3 is 0 Å². The summed E-state index contributed by atoms with van der Waals surface area (Å²) < 4.78 is 5.50. The van der Waals surface area contributed by atoms with Crippen LogP contribution >= 0.6 is 11.6 Å². The van der Waals surface area contributed by atoms with E-state index in [0.717, 1.165) is 0 Å². The number of likely N-dealkylation sites (tertiary alicyclic amines) is 1. The lowest BCUT2D eigenvalue weighted by atomic mass is 10.1. The summed E-state index contributed by atoms with van der Waals surface area (Å²) in [5.74, 6) is 0.362. The van der Waals surface area contributed by atoms with Crippen molar-refractivity contribution in [2.45, 2.75) is 26.3 Å². The molecular formula is C16H21ClN2O3. The molecule has 1 aromatic carbocycles. The van der Waals surface area contributed by atoms with Gasteiger partial charge in [-0.15, -0.1) is 0 Å². The number of halogens is 1. The van der Waals surface area contributed by atoms with Crippen molar-refractivity contribution in [2.24, 2.45) is 5.92 Å². The highest BCUT2D eigenvalue weighted by Gasteiger charge is 2.35. The van der Waals surface area contributed by atoms with Gasteiger partial charge in [-0.2, -0.15) is 0 Å². The van der Waals surface area contributed by atoms with Crippen molar-refractivity contribution in [3.63, 3.8) is 0 Å². The van der Waals surface area contributed by atoms with Gasteiger partial charge < -0.3 is 15.0 Å². The standard InChI is InChI=1S/C16H21ClN2O3/c1-11(2)19-10-12(8-15(19)20)16(21)18-6-7-22-14-5-3-4-13(17)9-14/h3-5,9,11-12H,6-8,10H2,1-2H3,(H,18,21)/t12-/m1/s1. The Balaban J connectivity index is 1.71. The Bertz CT molecular complexity index is 548. The SMILES string of the molecule is CC(C)N1C[C@H](C(=O)NCCOc2cccc(Cl)c2)CC1=O. The van der Waals surface area contributed by atoms with Gasteiger partial charge in [-0.3, -0.25) is 9.59 Å². The van der Waals surface area contributed by atoms with E-state index in [-0.39, 0.29) is 23.8 Å². The van der Waals surface area contributed by atoms with Crippen LogP contribution in [0.5, 0.6) is 5.75 Å². The summed E-state index contributed by atoms with van der Waals surface area (Å²) in [5.41, 5.74) is 0. The largest absolute Gasteiger partial charge is 0.492 e. The Morgan fingerprint density at radius 2 is 2.27 bits per heavy atom. The van der Waals surface area contributed by atoms with Gasteiger partial charge in [0.25, 0.3) is 0 Å². The fourth-order valence-electron chi connectivity index (χ4n) is 2.45. The first-order chi connectivity index (χ1) is 10.5. The van der Waals surface area contributed by atoms with Gasteiger partial charge in [-0.25, -0.2) is 0 Å². The van der Waals surface area contributed by atoms with Crippen molar-refractivity contribution >= 4 is 23.4 Å². The summed E-state index contributed by atoms with van der Waals surface area (Å²) in [4.78, 5) is 25.6. The van der Waals surface area contributed by atoms with Crippen molar-refractivity contribution in [1.29, 1.82) is 0 Å². The lowest BCUT2D eigenvalue weighted by Gasteiger charge is -2.20. The van der Waals surface area contributed by atoms with Crippen molar-refractivity contribution in [1.82, 2.24) is 10.2 Å². The summed E-state index contributed by atoms with van der Waals surface area (Å²) in [7, 11) is 0. The molecule has 1 N–H and O–H groups in total. The fourth-order valence-corrected chi connectivity index (χ4v) is 2.63. The van der Waals surface area contributed by atoms with E-state index in [0.29, 0.717) is 36.9 Å². The van der Waals surface area contributed by atoms with Gasteiger partial charge in [-0.05, 0) is 32.0 Å². The molecule has 5 nitrogen and oxygen atoms in total. The minimum Gasteiger partial charge on any atom is -0.492 e. The van der Waals surface area contributed by atoms with Crippen molar-refractivity contribution in [3.05, 3.63) is 29.3 Å². The minimum absolute atomic E-state index is 0.0466. The van der Waals surface area contributed by atoms with Crippen LogP contribution in [0.3, 0.4) is 0 Å². The zero-order valence-corrected chi connectivity index (χ0v) is 13.6. The number of carbonyl (C=O) groups excluding carboxylic acids is 2. The Morgan fingerprint density at radius 3 is 2.91 bits per heavy atom.